The fraction of sp³-hybridized carbons (Fsp3) is 0.389. The Morgan fingerprint density at radius 3 is 2.62 bits per heavy atom. The average molecular weight is 344 g/mol. The lowest BCUT2D eigenvalue weighted by molar-refractivity contribution is -0.138. The number of rotatable bonds is 4. The van der Waals surface area contributed by atoms with Crippen molar-refractivity contribution in [2.24, 2.45) is 5.92 Å². The summed E-state index contributed by atoms with van der Waals surface area (Å²) in [5.41, 5.74) is 3.31. The van der Waals surface area contributed by atoms with Gasteiger partial charge < -0.3 is 10.0 Å². The molecule has 0 bridgehead atoms. The van der Waals surface area contributed by atoms with Gasteiger partial charge in [-0.1, -0.05) is 0 Å². The van der Waals surface area contributed by atoms with E-state index in [0.717, 1.165) is 29.8 Å². The number of aromatic nitrogens is 1. The first kappa shape index (κ1) is 16.6. The smallest absolute Gasteiger partial charge is 0.303 e. The van der Waals surface area contributed by atoms with Gasteiger partial charge in [0, 0.05) is 30.5 Å². The molecule has 2 aromatic rings. The summed E-state index contributed by atoms with van der Waals surface area (Å²) in [6.45, 7) is 3.09. The molecule has 5 nitrogen and oxygen atoms in total. The van der Waals surface area contributed by atoms with Crippen LogP contribution in [0.3, 0.4) is 0 Å². The predicted molar refractivity (Wildman–Crippen MR) is 93.2 cm³/mol. The van der Waals surface area contributed by atoms with Crippen molar-refractivity contribution in [3.05, 3.63) is 40.2 Å². The minimum atomic E-state index is -0.760. The number of hydrogen-bond acceptors (Lipinski definition) is 4. The van der Waals surface area contributed by atoms with Gasteiger partial charge in [0.05, 0.1) is 17.0 Å². The van der Waals surface area contributed by atoms with Gasteiger partial charge in [-0.2, -0.15) is 11.3 Å². The molecule has 6 heteroatoms. The number of aliphatic carboxylic acids is 1. The molecule has 3 heterocycles. The highest BCUT2D eigenvalue weighted by Gasteiger charge is 2.26. The Labute approximate surface area is 145 Å². The van der Waals surface area contributed by atoms with Crippen molar-refractivity contribution in [3.63, 3.8) is 0 Å². The van der Waals surface area contributed by atoms with Crippen molar-refractivity contribution < 1.29 is 14.7 Å². The molecule has 0 radical (unpaired) electrons. The van der Waals surface area contributed by atoms with Crippen molar-refractivity contribution >= 4 is 23.2 Å². The summed E-state index contributed by atoms with van der Waals surface area (Å²) in [4.78, 5) is 29.9. The van der Waals surface area contributed by atoms with Gasteiger partial charge >= 0.3 is 5.97 Å². The van der Waals surface area contributed by atoms with Crippen LogP contribution >= 0.6 is 11.3 Å². The third kappa shape index (κ3) is 3.64. The van der Waals surface area contributed by atoms with Crippen molar-refractivity contribution in [1.82, 2.24) is 9.88 Å². The van der Waals surface area contributed by atoms with Gasteiger partial charge in [-0.3, -0.25) is 14.6 Å². The first-order chi connectivity index (χ1) is 11.5. The summed E-state index contributed by atoms with van der Waals surface area (Å²) in [5.74, 6) is -0.596. The summed E-state index contributed by atoms with van der Waals surface area (Å²) >= 11 is 1.62. The number of pyridine rings is 1. The molecule has 126 valence electrons. The molecule has 0 aromatic carbocycles. The fourth-order valence-electron chi connectivity index (χ4n) is 3.12. The molecule has 24 heavy (non-hydrogen) atoms. The van der Waals surface area contributed by atoms with Crippen molar-refractivity contribution in [2.75, 3.05) is 13.1 Å². The summed E-state index contributed by atoms with van der Waals surface area (Å²) < 4.78 is 0. The normalized spacial score (nSPS) is 15.5. The maximum atomic E-state index is 12.7. The number of carbonyl (C=O) groups excluding carboxylic acids is 1. The number of carboxylic acids is 1. The lowest BCUT2D eigenvalue weighted by atomic mass is 9.93. The topological polar surface area (TPSA) is 70.5 Å². The molecule has 1 aliphatic heterocycles. The Balaban J connectivity index is 1.68. The van der Waals surface area contributed by atoms with E-state index < -0.39 is 5.97 Å². The molecule has 0 atom stereocenters. The van der Waals surface area contributed by atoms with Gasteiger partial charge in [-0.05, 0) is 49.3 Å². The number of amides is 1. The number of likely N-dealkylation sites (tertiary alicyclic amines) is 1. The molecule has 0 aliphatic carbocycles. The van der Waals surface area contributed by atoms with E-state index in [9.17, 15) is 9.59 Å². The summed E-state index contributed by atoms with van der Waals surface area (Å²) in [7, 11) is 0. The van der Waals surface area contributed by atoms with Gasteiger partial charge in [0.15, 0.2) is 0 Å². The van der Waals surface area contributed by atoms with E-state index in [4.69, 9.17) is 5.11 Å². The molecular weight excluding hydrogens is 324 g/mol. The predicted octanol–water partition coefficient (Wildman–Crippen LogP) is 3.45. The monoisotopic (exact) mass is 344 g/mol. The van der Waals surface area contributed by atoms with Crippen LogP contribution in [0.1, 0.15) is 35.3 Å². The average Bonchev–Trinajstić information content (AvgIpc) is 3.09. The minimum Gasteiger partial charge on any atom is -0.481 e. The second-order valence-electron chi connectivity index (χ2n) is 6.17. The molecule has 3 rings (SSSR count). The van der Waals surface area contributed by atoms with Crippen LogP contribution < -0.4 is 0 Å². The molecule has 2 aromatic heterocycles. The van der Waals surface area contributed by atoms with Gasteiger partial charge in [-0.25, -0.2) is 0 Å². The van der Waals surface area contributed by atoms with Crippen LogP contribution in [0.25, 0.3) is 11.3 Å². The van der Waals surface area contributed by atoms with Gasteiger partial charge in [0.25, 0.3) is 5.91 Å². The number of hydrogen-bond donors (Lipinski definition) is 1. The van der Waals surface area contributed by atoms with Gasteiger partial charge in [0.1, 0.15) is 0 Å². The van der Waals surface area contributed by atoms with E-state index in [1.54, 1.807) is 11.3 Å². The summed E-state index contributed by atoms with van der Waals surface area (Å²) in [6.07, 6.45) is 1.69. The number of piperidine rings is 1. The Morgan fingerprint density at radius 1 is 1.29 bits per heavy atom. The van der Waals surface area contributed by atoms with Crippen LogP contribution in [0, 0.1) is 12.8 Å². The zero-order valence-corrected chi connectivity index (χ0v) is 14.4. The molecule has 1 aliphatic rings. The van der Waals surface area contributed by atoms with E-state index in [2.05, 4.69) is 4.98 Å². The lowest BCUT2D eigenvalue weighted by Gasteiger charge is -2.31. The van der Waals surface area contributed by atoms with Crippen LogP contribution in [0.5, 0.6) is 0 Å². The highest BCUT2D eigenvalue weighted by Crippen LogP contribution is 2.24. The second-order valence-corrected chi connectivity index (χ2v) is 6.95. The first-order valence-electron chi connectivity index (χ1n) is 8.06. The first-order valence-corrected chi connectivity index (χ1v) is 9.00. The molecule has 0 unspecified atom stereocenters. The van der Waals surface area contributed by atoms with E-state index in [0.29, 0.717) is 18.7 Å². The molecule has 1 saturated heterocycles. The van der Waals surface area contributed by atoms with Crippen LogP contribution in [0.4, 0.5) is 0 Å². The Morgan fingerprint density at radius 2 is 2.04 bits per heavy atom. The zero-order valence-electron chi connectivity index (χ0n) is 13.6. The Bertz CT molecular complexity index is 735. The highest BCUT2D eigenvalue weighted by atomic mass is 32.1. The fourth-order valence-corrected chi connectivity index (χ4v) is 3.77. The van der Waals surface area contributed by atoms with Gasteiger partial charge in [0.2, 0.25) is 0 Å². The largest absolute Gasteiger partial charge is 0.481 e. The number of nitrogens with zero attached hydrogens (tertiary/aromatic N) is 2. The molecule has 1 N–H and O–H groups in total. The maximum absolute atomic E-state index is 12.7. The van der Waals surface area contributed by atoms with Crippen LogP contribution in [-0.2, 0) is 4.79 Å². The van der Waals surface area contributed by atoms with Crippen molar-refractivity contribution in [1.29, 1.82) is 0 Å². The number of thiophene rings is 1. The van der Waals surface area contributed by atoms with Crippen LogP contribution in [0.2, 0.25) is 0 Å². The highest BCUT2D eigenvalue weighted by molar-refractivity contribution is 7.08. The Kier molecular flexibility index (Phi) is 4.94. The van der Waals surface area contributed by atoms with Crippen LogP contribution in [-0.4, -0.2) is 40.0 Å². The Hall–Kier alpha value is -2.21. The minimum absolute atomic E-state index is 0.00866. The van der Waals surface area contributed by atoms with Crippen molar-refractivity contribution in [2.45, 2.75) is 26.2 Å². The molecule has 1 fully saturated rings. The van der Waals surface area contributed by atoms with Crippen LogP contribution in [0.15, 0.2) is 29.0 Å². The molecule has 0 saturated carbocycles. The molecule has 0 spiro atoms. The van der Waals surface area contributed by atoms with Gasteiger partial charge in [-0.15, -0.1) is 0 Å². The number of carbonyl (C=O) groups is 2. The summed E-state index contributed by atoms with van der Waals surface area (Å²) in [5, 5.41) is 12.9. The van der Waals surface area contributed by atoms with Crippen molar-refractivity contribution in [3.8, 4) is 11.3 Å². The van der Waals surface area contributed by atoms with E-state index in [1.807, 2.05) is 40.8 Å². The third-order valence-corrected chi connectivity index (χ3v) is 5.18. The van der Waals surface area contributed by atoms with E-state index >= 15 is 0 Å². The molecular formula is C18H20N2O3S. The number of aryl methyl sites for hydroxylation is 1. The number of carboxylic acid groups (broad SMARTS) is 1. The van der Waals surface area contributed by atoms with E-state index in [-0.39, 0.29) is 18.2 Å². The quantitative estimate of drug-likeness (QED) is 0.922. The third-order valence-electron chi connectivity index (χ3n) is 4.50. The summed E-state index contributed by atoms with van der Waals surface area (Å²) in [6, 6.07) is 5.75. The molecule has 1 amide bonds. The van der Waals surface area contributed by atoms with E-state index in [1.165, 1.54) is 0 Å². The second kappa shape index (κ2) is 7.13. The maximum Gasteiger partial charge on any atom is 0.303 e. The standard InChI is InChI=1S/C18H20N2O3S/c1-12-15(2-3-16(19-12)14-6-9-24-11-14)18(23)20-7-4-13(5-8-20)10-17(21)22/h2-3,6,9,11,13H,4-5,7-8,10H2,1H3,(H,21,22). The lowest BCUT2D eigenvalue weighted by Crippen LogP contribution is -2.39. The zero-order chi connectivity index (χ0) is 17.1. The SMILES string of the molecule is Cc1nc(-c2ccsc2)ccc1C(=O)N1CCC(CC(=O)O)CC1.